The molecule has 1 aromatic rings. The van der Waals surface area contributed by atoms with Crippen molar-refractivity contribution >= 4 is 42.5 Å². The molecule has 2 heterocycles. The van der Waals surface area contributed by atoms with Gasteiger partial charge in [0.1, 0.15) is 5.82 Å². The van der Waals surface area contributed by atoms with Gasteiger partial charge in [-0.25, -0.2) is 4.98 Å². The summed E-state index contributed by atoms with van der Waals surface area (Å²) in [5.41, 5.74) is 0. The zero-order valence-electron chi connectivity index (χ0n) is 10.6. The van der Waals surface area contributed by atoms with Crippen LogP contribution in [0.5, 0.6) is 0 Å². The first-order valence-electron chi connectivity index (χ1n) is 5.90. The Morgan fingerprint density at radius 1 is 1.53 bits per heavy atom. The molecule has 5 nitrogen and oxygen atoms in total. The predicted octanol–water partition coefficient (Wildman–Crippen LogP) is 1.01. The third-order valence-corrected chi connectivity index (χ3v) is 3.80. The van der Waals surface area contributed by atoms with Gasteiger partial charge in [0.15, 0.2) is 0 Å². The van der Waals surface area contributed by atoms with Crippen molar-refractivity contribution < 1.29 is 4.79 Å². The fourth-order valence-electron chi connectivity index (χ4n) is 1.80. The number of carbonyl (C=O) groups is 1. The van der Waals surface area contributed by atoms with Crippen molar-refractivity contribution in [1.82, 2.24) is 20.6 Å². The summed E-state index contributed by atoms with van der Waals surface area (Å²) < 4.78 is 0. The molecular formula is C11H20Cl2N4OS. The highest BCUT2D eigenvalue weighted by molar-refractivity contribution is 7.99. The maximum atomic E-state index is 11.6. The number of hydrogen-bond donors (Lipinski definition) is 3. The second-order valence-corrected chi connectivity index (χ2v) is 5.22. The van der Waals surface area contributed by atoms with Crippen LogP contribution in [0.2, 0.25) is 0 Å². The van der Waals surface area contributed by atoms with Crippen LogP contribution in [0.4, 0.5) is 0 Å². The molecule has 1 unspecified atom stereocenters. The quantitative estimate of drug-likeness (QED) is 0.755. The number of rotatable bonds is 5. The minimum absolute atomic E-state index is 0. The molecule has 1 aliphatic heterocycles. The molecule has 19 heavy (non-hydrogen) atoms. The third kappa shape index (κ3) is 7.06. The van der Waals surface area contributed by atoms with E-state index >= 15 is 0 Å². The first-order chi connectivity index (χ1) is 8.34. The number of aromatic nitrogens is 2. The lowest BCUT2D eigenvalue weighted by Crippen LogP contribution is -2.41. The number of halogens is 2. The summed E-state index contributed by atoms with van der Waals surface area (Å²) in [4.78, 5) is 18.8. The van der Waals surface area contributed by atoms with Crippen LogP contribution < -0.4 is 10.6 Å². The lowest BCUT2D eigenvalue weighted by Gasteiger charge is -2.22. The normalized spacial score (nSPS) is 18.0. The van der Waals surface area contributed by atoms with Gasteiger partial charge in [-0.05, 0) is 0 Å². The number of imidazole rings is 1. The third-order valence-electron chi connectivity index (χ3n) is 2.67. The van der Waals surface area contributed by atoms with Crippen LogP contribution in [-0.2, 0) is 11.2 Å². The van der Waals surface area contributed by atoms with Gasteiger partial charge in [0.2, 0.25) is 5.91 Å². The molecule has 1 atom stereocenters. The highest BCUT2D eigenvalue weighted by atomic mass is 35.5. The molecule has 110 valence electrons. The summed E-state index contributed by atoms with van der Waals surface area (Å²) in [6.45, 7) is 1.65. The average Bonchev–Trinajstić information content (AvgIpc) is 2.83. The number of aromatic amines is 1. The zero-order chi connectivity index (χ0) is 11.9. The van der Waals surface area contributed by atoms with E-state index in [1.54, 1.807) is 12.4 Å². The van der Waals surface area contributed by atoms with Gasteiger partial charge in [-0.2, -0.15) is 11.8 Å². The molecule has 1 fully saturated rings. The second-order valence-electron chi connectivity index (χ2n) is 4.07. The highest BCUT2D eigenvalue weighted by Gasteiger charge is 2.16. The van der Waals surface area contributed by atoms with Crippen LogP contribution in [-0.4, -0.2) is 46.5 Å². The molecule has 1 aliphatic rings. The standard InChI is InChI=1S/C11H18N4OS.2ClH/c16-11(7-9-8-17-6-5-12-9)15-2-1-10-13-3-4-14-10;;/h3-4,9,12H,1-2,5-8H2,(H,13,14)(H,15,16);2*1H. The second kappa shape index (κ2) is 10.4. The van der Waals surface area contributed by atoms with E-state index in [0.29, 0.717) is 19.0 Å². The maximum Gasteiger partial charge on any atom is 0.221 e. The van der Waals surface area contributed by atoms with Gasteiger partial charge in [0, 0.05) is 55.9 Å². The minimum Gasteiger partial charge on any atom is -0.356 e. The molecule has 8 heteroatoms. The molecule has 0 bridgehead atoms. The summed E-state index contributed by atoms with van der Waals surface area (Å²) >= 11 is 1.91. The van der Waals surface area contributed by atoms with Crippen LogP contribution in [0.3, 0.4) is 0 Å². The van der Waals surface area contributed by atoms with Crippen molar-refractivity contribution in [2.24, 2.45) is 0 Å². The lowest BCUT2D eigenvalue weighted by molar-refractivity contribution is -0.121. The van der Waals surface area contributed by atoms with Gasteiger partial charge in [0.05, 0.1) is 0 Å². The first-order valence-corrected chi connectivity index (χ1v) is 7.06. The Bertz CT molecular complexity index is 344. The van der Waals surface area contributed by atoms with E-state index in [0.717, 1.165) is 30.3 Å². The SMILES string of the molecule is Cl.Cl.O=C(CC1CSCCN1)NCCc1ncc[nH]1. The Hall–Kier alpha value is -0.430. The van der Waals surface area contributed by atoms with Crippen LogP contribution in [0.25, 0.3) is 0 Å². The molecule has 2 rings (SSSR count). The number of nitrogens with one attached hydrogen (secondary N) is 3. The Kier molecular flexibility index (Phi) is 10.1. The molecule has 1 aromatic heterocycles. The summed E-state index contributed by atoms with van der Waals surface area (Å²) in [5.74, 6) is 3.22. The number of nitrogens with zero attached hydrogens (tertiary/aromatic N) is 1. The summed E-state index contributed by atoms with van der Waals surface area (Å²) in [6, 6.07) is 0.331. The van der Waals surface area contributed by atoms with Crippen molar-refractivity contribution in [2.75, 3.05) is 24.6 Å². The van der Waals surface area contributed by atoms with Gasteiger partial charge < -0.3 is 15.6 Å². The van der Waals surface area contributed by atoms with E-state index < -0.39 is 0 Å². The van der Waals surface area contributed by atoms with Gasteiger partial charge in [-0.1, -0.05) is 0 Å². The van der Waals surface area contributed by atoms with Crippen LogP contribution in [0.1, 0.15) is 12.2 Å². The van der Waals surface area contributed by atoms with E-state index in [1.165, 1.54) is 0 Å². The fourth-order valence-corrected chi connectivity index (χ4v) is 2.75. The van der Waals surface area contributed by atoms with Gasteiger partial charge in [0.25, 0.3) is 0 Å². The summed E-state index contributed by atoms with van der Waals surface area (Å²) in [6.07, 6.45) is 4.84. The van der Waals surface area contributed by atoms with Gasteiger partial charge >= 0.3 is 0 Å². The van der Waals surface area contributed by atoms with Crippen LogP contribution in [0, 0.1) is 0 Å². The van der Waals surface area contributed by atoms with Crippen molar-refractivity contribution in [3.63, 3.8) is 0 Å². The predicted molar refractivity (Wildman–Crippen MR) is 83.5 cm³/mol. The van der Waals surface area contributed by atoms with E-state index in [4.69, 9.17) is 0 Å². The number of H-pyrrole nitrogens is 1. The zero-order valence-corrected chi connectivity index (χ0v) is 13.0. The maximum absolute atomic E-state index is 11.6. The van der Waals surface area contributed by atoms with Crippen molar-refractivity contribution in [1.29, 1.82) is 0 Å². The fraction of sp³-hybridized carbons (Fsp3) is 0.636. The van der Waals surface area contributed by atoms with Crippen LogP contribution in [0.15, 0.2) is 12.4 Å². The number of carbonyl (C=O) groups excluding carboxylic acids is 1. The Labute approximate surface area is 129 Å². The van der Waals surface area contributed by atoms with E-state index in [-0.39, 0.29) is 30.7 Å². The number of thioether (sulfide) groups is 1. The van der Waals surface area contributed by atoms with Gasteiger partial charge in [-0.15, -0.1) is 24.8 Å². The smallest absolute Gasteiger partial charge is 0.221 e. The van der Waals surface area contributed by atoms with Crippen LogP contribution >= 0.6 is 36.6 Å². The molecular weight excluding hydrogens is 307 g/mol. The van der Waals surface area contributed by atoms with Crippen molar-refractivity contribution in [3.8, 4) is 0 Å². The number of hydrogen-bond acceptors (Lipinski definition) is 4. The van der Waals surface area contributed by atoms with Crippen molar-refractivity contribution in [2.45, 2.75) is 18.9 Å². The molecule has 0 radical (unpaired) electrons. The first kappa shape index (κ1) is 18.6. The molecule has 0 saturated carbocycles. The Morgan fingerprint density at radius 3 is 3.00 bits per heavy atom. The van der Waals surface area contributed by atoms with Crippen molar-refractivity contribution in [3.05, 3.63) is 18.2 Å². The van der Waals surface area contributed by atoms with E-state index in [2.05, 4.69) is 20.6 Å². The molecule has 0 spiro atoms. The molecule has 1 amide bonds. The largest absolute Gasteiger partial charge is 0.356 e. The lowest BCUT2D eigenvalue weighted by atomic mass is 10.2. The topological polar surface area (TPSA) is 69.8 Å². The minimum atomic E-state index is 0. The van der Waals surface area contributed by atoms with E-state index in [1.807, 2.05) is 11.8 Å². The summed E-state index contributed by atoms with van der Waals surface area (Å²) in [7, 11) is 0. The summed E-state index contributed by atoms with van der Waals surface area (Å²) in [5, 5.41) is 6.27. The number of amides is 1. The molecule has 1 saturated heterocycles. The average molecular weight is 327 g/mol. The monoisotopic (exact) mass is 326 g/mol. The molecule has 3 N–H and O–H groups in total. The molecule has 0 aliphatic carbocycles. The Morgan fingerprint density at radius 2 is 2.37 bits per heavy atom. The van der Waals surface area contributed by atoms with Gasteiger partial charge in [-0.3, -0.25) is 4.79 Å². The Balaban J connectivity index is 0.00000162. The highest BCUT2D eigenvalue weighted by Crippen LogP contribution is 2.09. The van der Waals surface area contributed by atoms with E-state index in [9.17, 15) is 4.79 Å². The molecule has 0 aromatic carbocycles.